The molecule has 0 aromatic heterocycles. The van der Waals surface area contributed by atoms with E-state index in [0.717, 1.165) is 0 Å². The van der Waals surface area contributed by atoms with Crippen LogP contribution in [0.1, 0.15) is 33.9 Å². The third-order valence-electron chi connectivity index (χ3n) is 5.87. The molecule has 9 nitrogen and oxygen atoms in total. The Balaban J connectivity index is 1.60. The molecular formula is C26H23FN4O5. The highest BCUT2D eigenvalue weighted by Gasteiger charge is 2.34. The normalized spacial score (nSPS) is 14.8. The number of hydrogen-bond acceptors (Lipinski definition) is 6. The second-order valence-electron chi connectivity index (χ2n) is 8.25. The van der Waals surface area contributed by atoms with Gasteiger partial charge in [0.05, 0.1) is 23.8 Å². The van der Waals surface area contributed by atoms with Gasteiger partial charge in [0.2, 0.25) is 0 Å². The molecule has 3 aromatic rings. The van der Waals surface area contributed by atoms with Gasteiger partial charge in [-0.25, -0.2) is 9.40 Å². The molecule has 184 valence electrons. The number of halogens is 1. The number of non-ortho nitro benzene ring substituents is 1. The number of ether oxygens (including phenoxy) is 1. The zero-order valence-electron chi connectivity index (χ0n) is 19.6. The van der Waals surface area contributed by atoms with Gasteiger partial charge in [-0.05, 0) is 47.5 Å². The van der Waals surface area contributed by atoms with E-state index >= 15 is 0 Å². The van der Waals surface area contributed by atoms with Gasteiger partial charge in [0.15, 0.2) is 0 Å². The summed E-state index contributed by atoms with van der Waals surface area (Å²) in [5.41, 5.74) is 1.97. The molecule has 0 radical (unpaired) electrons. The van der Waals surface area contributed by atoms with Crippen molar-refractivity contribution in [3.05, 3.63) is 105 Å². The lowest BCUT2D eigenvalue weighted by Gasteiger charge is -2.25. The highest BCUT2D eigenvalue weighted by Crippen LogP contribution is 2.34. The van der Waals surface area contributed by atoms with E-state index in [1.54, 1.807) is 48.5 Å². The minimum Gasteiger partial charge on any atom is -0.497 e. The molecule has 1 aliphatic heterocycles. The van der Waals surface area contributed by atoms with E-state index in [-0.39, 0.29) is 24.6 Å². The molecule has 0 bridgehead atoms. The first-order valence-electron chi connectivity index (χ1n) is 11.1. The topological polar surface area (TPSA) is 105 Å². The number of methoxy groups -OCH3 is 1. The zero-order valence-corrected chi connectivity index (χ0v) is 19.6. The van der Waals surface area contributed by atoms with Crippen LogP contribution < -0.4 is 4.74 Å². The Morgan fingerprint density at radius 2 is 1.83 bits per heavy atom. The number of rotatable bonds is 7. The van der Waals surface area contributed by atoms with Crippen molar-refractivity contribution in [2.45, 2.75) is 12.5 Å². The van der Waals surface area contributed by atoms with Crippen LogP contribution in [0.15, 0.2) is 77.9 Å². The molecule has 36 heavy (non-hydrogen) atoms. The zero-order chi connectivity index (χ0) is 25.8. The summed E-state index contributed by atoms with van der Waals surface area (Å²) in [6.07, 6.45) is 0.273. The number of benzene rings is 3. The summed E-state index contributed by atoms with van der Waals surface area (Å²) in [7, 11) is 3.03. The molecule has 0 unspecified atom stereocenters. The van der Waals surface area contributed by atoms with Gasteiger partial charge in [-0.1, -0.05) is 24.3 Å². The lowest BCUT2D eigenvalue weighted by atomic mass is 9.98. The quantitative estimate of drug-likeness (QED) is 0.365. The second-order valence-corrected chi connectivity index (χ2v) is 8.25. The average Bonchev–Trinajstić information content (AvgIpc) is 3.34. The van der Waals surface area contributed by atoms with Crippen molar-refractivity contribution in [1.82, 2.24) is 9.91 Å². The van der Waals surface area contributed by atoms with Crippen molar-refractivity contribution in [2.24, 2.45) is 5.10 Å². The fourth-order valence-electron chi connectivity index (χ4n) is 3.96. The minimum absolute atomic E-state index is 0.109. The summed E-state index contributed by atoms with van der Waals surface area (Å²) in [5, 5.41) is 17.0. The highest BCUT2D eigenvalue weighted by atomic mass is 19.1. The molecule has 1 aliphatic rings. The molecule has 0 fully saturated rings. The number of hydrazone groups is 1. The van der Waals surface area contributed by atoms with Crippen LogP contribution in [0.4, 0.5) is 10.1 Å². The Morgan fingerprint density at radius 3 is 2.47 bits per heavy atom. The van der Waals surface area contributed by atoms with Crippen molar-refractivity contribution in [1.29, 1.82) is 0 Å². The van der Waals surface area contributed by atoms with Crippen LogP contribution in [0.25, 0.3) is 0 Å². The SMILES string of the molecule is COc1ccc(C(=O)N(C)CC(=O)N2N=C(c3ccc(F)cc3)C[C@@H]2c2cccc([N+](=O)[O-])c2)cc1. The van der Waals surface area contributed by atoms with Crippen molar-refractivity contribution >= 4 is 23.2 Å². The molecule has 0 saturated carbocycles. The van der Waals surface area contributed by atoms with E-state index < -0.39 is 22.7 Å². The smallest absolute Gasteiger partial charge is 0.269 e. The summed E-state index contributed by atoms with van der Waals surface area (Å²) in [4.78, 5) is 38.3. The molecule has 2 amide bonds. The number of hydrogen-bond donors (Lipinski definition) is 0. The van der Waals surface area contributed by atoms with E-state index in [1.807, 2.05) is 0 Å². The number of nitrogens with zero attached hydrogens (tertiary/aromatic N) is 4. The highest BCUT2D eigenvalue weighted by molar-refractivity contribution is 6.03. The lowest BCUT2D eigenvalue weighted by Crippen LogP contribution is -2.39. The first-order chi connectivity index (χ1) is 17.3. The van der Waals surface area contributed by atoms with E-state index in [0.29, 0.717) is 28.2 Å². The number of carbonyl (C=O) groups excluding carboxylic acids is 2. The van der Waals surface area contributed by atoms with Crippen LogP contribution in [0.5, 0.6) is 5.75 Å². The van der Waals surface area contributed by atoms with Gasteiger partial charge in [-0.3, -0.25) is 19.7 Å². The average molecular weight is 490 g/mol. The van der Waals surface area contributed by atoms with Crippen molar-refractivity contribution in [2.75, 3.05) is 20.7 Å². The number of likely N-dealkylation sites (N-methyl/N-ethyl adjacent to an activating group) is 1. The fourth-order valence-corrected chi connectivity index (χ4v) is 3.96. The maximum atomic E-state index is 13.4. The lowest BCUT2D eigenvalue weighted by molar-refractivity contribution is -0.385. The minimum atomic E-state index is -0.623. The summed E-state index contributed by atoms with van der Waals surface area (Å²) < 4.78 is 18.5. The summed E-state index contributed by atoms with van der Waals surface area (Å²) >= 11 is 0. The first-order valence-corrected chi connectivity index (χ1v) is 11.1. The van der Waals surface area contributed by atoms with Crippen molar-refractivity contribution < 1.29 is 23.6 Å². The van der Waals surface area contributed by atoms with Gasteiger partial charge in [0, 0.05) is 31.2 Å². The van der Waals surface area contributed by atoms with Crippen LogP contribution >= 0.6 is 0 Å². The predicted molar refractivity (Wildman–Crippen MR) is 130 cm³/mol. The molecule has 0 N–H and O–H groups in total. The van der Waals surface area contributed by atoms with Crippen LogP contribution in [0.2, 0.25) is 0 Å². The van der Waals surface area contributed by atoms with E-state index in [1.165, 1.54) is 48.3 Å². The maximum Gasteiger partial charge on any atom is 0.269 e. The van der Waals surface area contributed by atoms with Crippen LogP contribution in [0.3, 0.4) is 0 Å². The number of amides is 2. The molecule has 0 saturated heterocycles. The second kappa shape index (κ2) is 10.3. The Hall–Kier alpha value is -4.60. The Kier molecular flexibility index (Phi) is 7.05. The third kappa shape index (κ3) is 5.22. The molecule has 0 aliphatic carbocycles. The number of carbonyl (C=O) groups is 2. The van der Waals surface area contributed by atoms with E-state index in [9.17, 15) is 24.1 Å². The molecule has 4 rings (SSSR count). The molecule has 3 aromatic carbocycles. The Bertz CT molecular complexity index is 1320. The Morgan fingerprint density at radius 1 is 1.14 bits per heavy atom. The van der Waals surface area contributed by atoms with Gasteiger partial charge in [-0.15, -0.1) is 0 Å². The van der Waals surface area contributed by atoms with Crippen LogP contribution in [-0.4, -0.2) is 53.1 Å². The van der Waals surface area contributed by atoms with Crippen molar-refractivity contribution in [3.63, 3.8) is 0 Å². The summed E-state index contributed by atoms with van der Waals surface area (Å²) in [5.74, 6) is -0.628. The maximum absolute atomic E-state index is 13.4. The molecule has 0 spiro atoms. The molecule has 1 heterocycles. The Labute approximate surface area is 206 Å². The van der Waals surface area contributed by atoms with E-state index in [2.05, 4.69) is 5.10 Å². The van der Waals surface area contributed by atoms with E-state index in [4.69, 9.17) is 4.74 Å². The summed E-state index contributed by atoms with van der Waals surface area (Å²) in [6, 6.07) is 17.6. The molecular weight excluding hydrogens is 467 g/mol. The predicted octanol–water partition coefficient (Wildman–Crippen LogP) is 4.19. The van der Waals surface area contributed by atoms with Crippen molar-refractivity contribution in [3.8, 4) is 5.75 Å². The van der Waals surface area contributed by atoms with Gasteiger partial charge in [0.1, 0.15) is 18.1 Å². The summed E-state index contributed by atoms with van der Waals surface area (Å²) in [6.45, 7) is -0.267. The van der Waals surface area contributed by atoms with Gasteiger partial charge < -0.3 is 9.64 Å². The monoisotopic (exact) mass is 490 g/mol. The first kappa shape index (κ1) is 24.5. The van der Waals surface area contributed by atoms with Gasteiger partial charge in [-0.2, -0.15) is 5.10 Å². The van der Waals surface area contributed by atoms with Crippen LogP contribution in [-0.2, 0) is 4.79 Å². The largest absolute Gasteiger partial charge is 0.497 e. The number of nitro benzene ring substituents is 1. The molecule has 10 heteroatoms. The number of nitro groups is 1. The third-order valence-corrected chi connectivity index (χ3v) is 5.87. The van der Waals surface area contributed by atoms with Gasteiger partial charge in [0.25, 0.3) is 17.5 Å². The standard InChI is InChI=1S/C26H23FN4O5/c1-29(26(33)18-8-12-22(36-2)13-9-18)16-25(32)30-24(19-4-3-5-21(14-19)31(34)35)15-23(28-30)17-6-10-20(27)11-7-17/h3-14,24H,15-16H2,1-2H3/t24-/m1/s1. The van der Waals surface area contributed by atoms with Crippen LogP contribution in [0, 0.1) is 15.9 Å². The van der Waals surface area contributed by atoms with Gasteiger partial charge >= 0.3 is 0 Å². The molecule has 1 atom stereocenters. The fraction of sp³-hybridized carbons (Fsp3) is 0.192.